The first-order valence-corrected chi connectivity index (χ1v) is 6.87. The summed E-state index contributed by atoms with van der Waals surface area (Å²) in [5.41, 5.74) is 8.09. The Morgan fingerprint density at radius 3 is 2.59 bits per heavy atom. The number of aromatic nitrogens is 2. The van der Waals surface area contributed by atoms with E-state index in [1.165, 1.54) is 25.7 Å². The molecule has 1 aromatic rings. The second-order valence-electron chi connectivity index (χ2n) is 4.78. The molecule has 1 unspecified atom stereocenters. The van der Waals surface area contributed by atoms with Crippen LogP contribution >= 0.6 is 11.6 Å². The first-order chi connectivity index (χ1) is 8.06. The van der Waals surface area contributed by atoms with E-state index in [0.717, 1.165) is 29.3 Å². The molecule has 4 heteroatoms. The van der Waals surface area contributed by atoms with Crippen molar-refractivity contribution in [3.05, 3.63) is 16.4 Å². The molecule has 2 N–H and O–H groups in total. The van der Waals surface area contributed by atoms with E-state index in [1.54, 1.807) is 0 Å². The molecule has 0 amide bonds. The molecule has 0 aromatic carbocycles. The minimum atomic E-state index is 0.194. The lowest BCUT2D eigenvalue weighted by Gasteiger charge is -2.11. The van der Waals surface area contributed by atoms with Crippen LogP contribution < -0.4 is 5.73 Å². The summed E-state index contributed by atoms with van der Waals surface area (Å²) in [6.45, 7) is 4.15. The van der Waals surface area contributed by atoms with Gasteiger partial charge >= 0.3 is 0 Å². The Bertz CT molecular complexity index is 347. The number of hydrogen-bond acceptors (Lipinski definition) is 2. The maximum absolute atomic E-state index is 6.20. The highest BCUT2D eigenvalue weighted by Gasteiger charge is 2.14. The number of nitrogens with two attached hydrogens (primary N) is 1. The van der Waals surface area contributed by atoms with Gasteiger partial charge in [0.1, 0.15) is 0 Å². The number of hydrogen-bond donors (Lipinski definition) is 1. The van der Waals surface area contributed by atoms with Gasteiger partial charge in [0, 0.05) is 19.5 Å². The van der Waals surface area contributed by atoms with Gasteiger partial charge in [-0.1, -0.05) is 44.2 Å². The minimum Gasteiger partial charge on any atom is -0.327 e. The van der Waals surface area contributed by atoms with Crippen LogP contribution in [-0.2, 0) is 13.5 Å². The van der Waals surface area contributed by atoms with E-state index < -0.39 is 0 Å². The van der Waals surface area contributed by atoms with E-state index in [4.69, 9.17) is 17.3 Å². The summed E-state index contributed by atoms with van der Waals surface area (Å²) in [7, 11) is 1.93. The Morgan fingerprint density at radius 1 is 1.35 bits per heavy atom. The molecule has 0 aliphatic rings. The molecule has 0 bridgehead atoms. The van der Waals surface area contributed by atoms with Crippen LogP contribution in [0.4, 0.5) is 0 Å². The fourth-order valence-electron chi connectivity index (χ4n) is 2.09. The Hall–Kier alpha value is -0.540. The zero-order valence-electron chi connectivity index (χ0n) is 11.2. The molecular formula is C13H24ClN3. The molecular weight excluding hydrogens is 234 g/mol. The first-order valence-electron chi connectivity index (χ1n) is 6.49. The van der Waals surface area contributed by atoms with Crippen LogP contribution in [0.15, 0.2) is 0 Å². The summed E-state index contributed by atoms with van der Waals surface area (Å²) in [5.74, 6) is 0. The van der Waals surface area contributed by atoms with E-state index >= 15 is 0 Å². The molecule has 1 atom stereocenters. The fourth-order valence-corrected chi connectivity index (χ4v) is 2.32. The van der Waals surface area contributed by atoms with Crippen LogP contribution in [0.1, 0.15) is 50.4 Å². The lowest BCUT2D eigenvalue weighted by atomic mass is 10.0. The third kappa shape index (κ3) is 4.32. The second-order valence-corrected chi connectivity index (χ2v) is 5.16. The Morgan fingerprint density at radius 2 is 2.06 bits per heavy atom. The summed E-state index contributed by atoms with van der Waals surface area (Å²) in [5, 5.41) is 5.08. The van der Waals surface area contributed by atoms with Crippen molar-refractivity contribution >= 4 is 11.6 Å². The summed E-state index contributed by atoms with van der Waals surface area (Å²) >= 11 is 6.20. The molecule has 98 valence electrons. The highest BCUT2D eigenvalue weighted by atomic mass is 35.5. The van der Waals surface area contributed by atoms with Gasteiger partial charge in [0.15, 0.2) is 0 Å². The van der Waals surface area contributed by atoms with Crippen LogP contribution in [0.25, 0.3) is 0 Å². The number of rotatable bonds is 7. The molecule has 0 spiro atoms. The molecule has 1 aromatic heterocycles. The standard InChI is InChI=1S/C13H24ClN3/c1-4-5-6-7-8-11(15)9-12-13(14)10(2)16-17(12)3/h11H,4-9,15H2,1-3H3. The van der Waals surface area contributed by atoms with Crippen molar-refractivity contribution in [1.29, 1.82) is 0 Å². The fraction of sp³-hybridized carbons (Fsp3) is 0.769. The zero-order valence-corrected chi connectivity index (χ0v) is 11.9. The number of halogens is 1. The largest absolute Gasteiger partial charge is 0.327 e. The maximum Gasteiger partial charge on any atom is 0.0847 e. The zero-order chi connectivity index (χ0) is 12.8. The van der Waals surface area contributed by atoms with E-state index in [2.05, 4.69) is 12.0 Å². The van der Waals surface area contributed by atoms with Gasteiger partial charge in [-0.3, -0.25) is 4.68 Å². The molecule has 0 radical (unpaired) electrons. The Balaban J connectivity index is 2.42. The predicted molar refractivity (Wildman–Crippen MR) is 73.4 cm³/mol. The van der Waals surface area contributed by atoms with Gasteiger partial charge in [0.25, 0.3) is 0 Å². The maximum atomic E-state index is 6.20. The lowest BCUT2D eigenvalue weighted by Crippen LogP contribution is -2.24. The molecule has 1 rings (SSSR count). The van der Waals surface area contributed by atoms with Crippen LogP contribution in [0.3, 0.4) is 0 Å². The van der Waals surface area contributed by atoms with E-state index in [1.807, 2.05) is 18.7 Å². The van der Waals surface area contributed by atoms with Crippen LogP contribution in [0, 0.1) is 6.92 Å². The monoisotopic (exact) mass is 257 g/mol. The number of unbranched alkanes of at least 4 members (excludes halogenated alkanes) is 3. The lowest BCUT2D eigenvalue weighted by molar-refractivity contribution is 0.531. The van der Waals surface area contributed by atoms with Gasteiger partial charge in [-0.25, -0.2) is 0 Å². The Labute approximate surface area is 109 Å². The van der Waals surface area contributed by atoms with Crippen LogP contribution in [0.2, 0.25) is 5.02 Å². The highest BCUT2D eigenvalue weighted by molar-refractivity contribution is 6.31. The normalized spacial score (nSPS) is 13.0. The summed E-state index contributed by atoms with van der Waals surface area (Å²) in [6.07, 6.45) is 6.95. The first kappa shape index (κ1) is 14.5. The van der Waals surface area contributed by atoms with Gasteiger partial charge in [0.05, 0.1) is 16.4 Å². The van der Waals surface area contributed by atoms with Crippen molar-refractivity contribution in [1.82, 2.24) is 9.78 Å². The molecule has 0 saturated heterocycles. The van der Waals surface area contributed by atoms with Crippen molar-refractivity contribution in [2.45, 2.75) is 58.4 Å². The molecule has 3 nitrogen and oxygen atoms in total. The van der Waals surface area contributed by atoms with Gasteiger partial charge in [-0.2, -0.15) is 5.10 Å². The average molecular weight is 258 g/mol. The van der Waals surface area contributed by atoms with E-state index in [-0.39, 0.29) is 6.04 Å². The van der Waals surface area contributed by atoms with Crippen molar-refractivity contribution in [2.24, 2.45) is 12.8 Å². The van der Waals surface area contributed by atoms with Crippen molar-refractivity contribution in [2.75, 3.05) is 0 Å². The van der Waals surface area contributed by atoms with Crippen molar-refractivity contribution in [3.63, 3.8) is 0 Å². The van der Waals surface area contributed by atoms with Gasteiger partial charge < -0.3 is 5.73 Å². The summed E-state index contributed by atoms with van der Waals surface area (Å²) in [4.78, 5) is 0. The molecule has 17 heavy (non-hydrogen) atoms. The smallest absolute Gasteiger partial charge is 0.0847 e. The quantitative estimate of drug-likeness (QED) is 0.763. The van der Waals surface area contributed by atoms with E-state index in [9.17, 15) is 0 Å². The molecule has 0 fully saturated rings. The number of nitrogens with zero attached hydrogens (tertiary/aromatic N) is 2. The van der Waals surface area contributed by atoms with Gasteiger partial charge in [-0.15, -0.1) is 0 Å². The molecule has 1 heterocycles. The van der Waals surface area contributed by atoms with Crippen molar-refractivity contribution < 1.29 is 0 Å². The summed E-state index contributed by atoms with van der Waals surface area (Å²) < 4.78 is 1.85. The summed E-state index contributed by atoms with van der Waals surface area (Å²) in [6, 6.07) is 0.194. The van der Waals surface area contributed by atoms with Crippen molar-refractivity contribution in [3.8, 4) is 0 Å². The number of aryl methyl sites for hydroxylation is 2. The van der Waals surface area contributed by atoms with Gasteiger partial charge in [-0.05, 0) is 13.3 Å². The minimum absolute atomic E-state index is 0.194. The second kappa shape index (κ2) is 7.02. The molecule has 0 aliphatic carbocycles. The average Bonchev–Trinajstić information content (AvgIpc) is 2.52. The molecule has 0 saturated carbocycles. The third-order valence-electron chi connectivity index (χ3n) is 3.15. The van der Waals surface area contributed by atoms with Gasteiger partial charge in [0.2, 0.25) is 0 Å². The SMILES string of the molecule is CCCCCCC(N)Cc1c(Cl)c(C)nn1C. The third-order valence-corrected chi connectivity index (χ3v) is 3.64. The van der Waals surface area contributed by atoms with E-state index in [0.29, 0.717) is 0 Å². The molecule has 0 aliphatic heterocycles. The Kier molecular flexibility index (Phi) is 6.00. The topological polar surface area (TPSA) is 43.8 Å². The highest BCUT2D eigenvalue weighted by Crippen LogP contribution is 2.21. The van der Waals surface area contributed by atoms with Crippen LogP contribution in [-0.4, -0.2) is 15.8 Å². The predicted octanol–water partition coefficient (Wildman–Crippen LogP) is 3.22. The van der Waals surface area contributed by atoms with Crippen LogP contribution in [0.5, 0.6) is 0 Å².